The van der Waals surface area contributed by atoms with Gasteiger partial charge in [-0.05, 0) is 32.9 Å². The zero-order chi connectivity index (χ0) is 28.7. The van der Waals surface area contributed by atoms with Crippen molar-refractivity contribution in [2.45, 2.75) is 168 Å². The van der Waals surface area contributed by atoms with E-state index in [-0.39, 0.29) is 66.9 Å². The molecule has 0 saturated heterocycles. The van der Waals surface area contributed by atoms with Gasteiger partial charge in [0.1, 0.15) is 0 Å². The van der Waals surface area contributed by atoms with E-state index in [0.717, 1.165) is 18.1 Å². The maximum absolute atomic E-state index is 6.99. The first-order chi connectivity index (χ1) is 15.6. The van der Waals surface area contributed by atoms with Crippen molar-refractivity contribution in [1.82, 2.24) is 0 Å². The Morgan fingerprint density at radius 2 is 0.784 bits per heavy atom. The molecule has 1 aromatic carbocycles. The van der Waals surface area contributed by atoms with Crippen LogP contribution in [0.1, 0.15) is 136 Å². The molecular weight excluding hydrogens is 685 g/mol. The molecule has 0 fully saturated rings. The van der Waals surface area contributed by atoms with Gasteiger partial charge in [0, 0.05) is 36.2 Å². The summed E-state index contributed by atoms with van der Waals surface area (Å²) < 4.78 is 6.99. The molecule has 0 bridgehead atoms. The summed E-state index contributed by atoms with van der Waals surface area (Å²) in [5.74, 6) is 1.06. The molecule has 0 spiro atoms. The van der Waals surface area contributed by atoms with Crippen molar-refractivity contribution in [1.29, 1.82) is 0 Å². The van der Waals surface area contributed by atoms with Gasteiger partial charge in [0.2, 0.25) is 0 Å². The Labute approximate surface area is 250 Å². The number of rotatable bonds is 6. The fourth-order valence-electron chi connectivity index (χ4n) is 5.57. The van der Waals surface area contributed by atoms with Crippen LogP contribution in [0.25, 0.3) is 0 Å². The minimum Gasteiger partial charge on any atom is -0.498 e. The summed E-state index contributed by atoms with van der Waals surface area (Å²) in [4.78, 5) is 0. The quantitative estimate of drug-likeness (QED) is 0.208. The van der Waals surface area contributed by atoms with Gasteiger partial charge in [-0.3, -0.25) is 0 Å². The molecular formula is C32H60IrOP3-. The summed E-state index contributed by atoms with van der Waals surface area (Å²) in [5, 5.41) is 1.36. The van der Waals surface area contributed by atoms with Crippen molar-refractivity contribution in [2.24, 2.45) is 0 Å². The third-order valence-electron chi connectivity index (χ3n) is 6.27. The fourth-order valence-corrected chi connectivity index (χ4v) is 15.4. The van der Waals surface area contributed by atoms with Crippen molar-refractivity contribution in [3.63, 3.8) is 0 Å². The molecule has 0 aliphatic rings. The first-order valence-corrected chi connectivity index (χ1v) is 18.0. The van der Waals surface area contributed by atoms with Gasteiger partial charge in [0.05, 0.1) is 8.15 Å². The molecule has 1 radical (unpaired) electrons. The largest absolute Gasteiger partial charge is 0.498 e. The van der Waals surface area contributed by atoms with Crippen LogP contribution in [0, 0.1) is 6.07 Å². The second kappa shape index (κ2) is 12.9. The van der Waals surface area contributed by atoms with E-state index in [2.05, 4.69) is 143 Å². The predicted molar refractivity (Wildman–Crippen MR) is 173 cm³/mol. The Balaban J connectivity index is 0.0000130. The maximum Gasteiger partial charge on any atom is 0.0947 e. The summed E-state index contributed by atoms with van der Waals surface area (Å²) in [5.41, 5.74) is 2.68. The molecule has 0 amide bonds. The van der Waals surface area contributed by atoms with Crippen LogP contribution in [0.4, 0.5) is 0 Å². The molecule has 0 unspecified atom stereocenters. The zero-order valence-corrected chi connectivity index (χ0v) is 32.7. The summed E-state index contributed by atoms with van der Waals surface area (Å²) >= 11 is 0. The molecule has 1 nitrogen and oxygen atoms in total. The third kappa shape index (κ3) is 12.2. The van der Waals surface area contributed by atoms with E-state index in [1.165, 1.54) is 11.1 Å². The molecule has 219 valence electrons. The molecule has 0 N–H and O–H groups in total. The number of hydrogen-bond acceptors (Lipinski definition) is 1. The van der Waals surface area contributed by atoms with Gasteiger partial charge in [-0.1, -0.05) is 140 Å². The van der Waals surface area contributed by atoms with Crippen LogP contribution in [0.2, 0.25) is 0 Å². The van der Waals surface area contributed by atoms with Crippen molar-refractivity contribution in [3.8, 4) is 5.75 Å². The van der Waals surface area contributed by atoms with E-state index >= 15 is 0 Å². The first kappa shape index (κ1) is 38.0. The van der Waals surface area contributed by atoms with Gasteiger partial charge in [-0.15, -0.1) is 12.1 Å². The van der Waals surface area contributed by atoms with E-state index in [1.54, 1.807) is 0 Å². The monoisotopic (exact) mass is 746 g/mol. The molecule has 0 atom stereocenters. The van der Waals surface area contributed by atoms with Crippen molar-refractivity contribution >= 4 is 24.0 Å². The normalized spacial score (nSPS) is 14.4. The third-order valence-corrected chi connectivity index (χ3v) is 16.9. The summed E-state index contributed by atoms with van der Waals surface area (Å²) in [6.07, 6.45) is 2.19. The Hall–Kier alpha value is 0.959. The van der Waals surface area contributed by atoms with E-state index in [9.17, 15) is 0 Å². The Kier molecular flexibility index (Phi) is 13.2. The molecule has 37 heavy (non-hydrogen) atoms. The molecule has 1 aromatic rings. The fraction of sp³-hybridized carbons (Fsp3) is 0.812. The minimum atomic E-state index is -0.678. The second-order valence-corrected chi connectivity index (χ2v) is 27.6. The second-order valence-electron chi connectivity index (χ2n) is 16.4. The van der Waals surface area contributed by atoms with E-state index in [1.807, 2.05) is 0 Å². The number of benzene rings is 1. The van der Waals surface area contributed by atoms with Gasteiger partial charge in [-0.25, -0.2) is 0 Å². The molecule has 0 aliphatic carbocycles. The molecule has 0 saturated carbocycles. The van der Waals surface area contributed by atoms with Gasteiger partial charge in [-0.2, -0.15) is 17.2 Å². The van der Waals surface area contributed by atoms with Gasteiger partial charge in [0.15, 0.2) is 0 Å². The summed E-state index contributed by atoms with van der Waals surface area (Å²) in [7, 11) is -1.18. The predicted octanol–water partition coefficient (Wildman–Crippen LogP) is 12.0. The van der Waals surface area contributed by atoms with Crippen LogP contribution in [0.5, 0.6) is 5.75 Å². The van der Waals surface area contributed by atoms with Crippen LogP contribution < -0.4 is 4.52 Å². The Morgan fingerprint density at radius 1 is 0.514 bits per heavy atom. The maximum atomic E-state index is 6.99. The molecule has 0 heterocycles. The Morgan fingerprint density at radius 3 is 1.00 bits per heavy atom. The van der Waals surface area contributed by atoms with Crippen LogP contribution in [-0.2, 0) is 32.4 Å². The minimum absolute atomic E-state index is 0. The van der Waals surface area contributed by atoms with Crippen molar-refractivity contribution in [2.75, 3.05) is 0 Å². The number of hydrogen-bond donors (Lipinski definition) is 0. The van der Waals surface area contributed by atoms with Crippen LogP contribution in [-0.4, -0.2) is 30.9 Å². The van der Waals surface area contributed by atoms with Crippen LogP contribution in [0.15, 0.2) is 12.1 Å². The standard InChI is InChI=1S/C32H60OP3.Ir/c1-27(2,3)34(28(4,5)6)22-24-19-25(23-35(29(7,8)9)30(10,11)12)21-26(20-24)33-36(31(13,14)15)32(16,17)18;/h20-21H,22-23H2,1-18H3;/q-1;. The summed E-state index contributed by atoms with van der Waals surface area (Å²) in [6, 6.07) is 8.61. The van der Waals surface area contributed by atoms with E-state index < -0.39 is 8.15 Å². The molecule has 1 rings (SSSR count). The van der Waals surface area contributed by atoms with Crippen molar-refractivity contribution < 1.29 is 24.6 Å². The van der Waals surface area contributed by atoms with Crippen LogP contribution in [0.3, 0.4) is 0 Å². The molecule has 5 heteroatoms. The molecule has 0 aliphatic heterocycles. The van der Waals surface area contributed by atoms with E-state index in [0.29, 0.717) is 0 Å². The Bertz CT molecular complexity index is 684. The zero-order valence-electron chi connectivity index (χ0n) is 27.7. The van der Waals surface area contributed by atoms with Gasteiger partial charge < -0.3 is 4.52 Å². The topological polar surface area (TPSA) is 9.23 Å². The van der Waals surface area contributed by atoms with Crippen LogP contribution >= 0.6 is 24.0 Å². The van der Waals surface area contributed by atoms with Gasteiger partial charge >= 0.3 is 0 Å². The average Bonchev–Trinajstić information content (AvgIpc) is 2.56. The molecule has 0 aromatic heterocycles. The summed E-state index contributed by atoms with van der Waals surface area (Å²) in [6.45, 7) is 43.0. The SMILES string of the molecule is CC(C)(C)P(Cc1[c-]c(CP(C(C)(C)C)C(C)(C)C)cc(OP(C(C)(C)C)C(C)(C)C)c1)C(C)(C)C.[Ir]. The smallest absolute Gasteiger partial charge is 0.0947 e. The van der Waals surface area contributed by atoms with Gasteiger partial charge in [0.25, 0.3) is 0 Å². The van der Waals surface area contributed by atoms with E-state index in [4.69, 9.17) is 4.52 Å². The first-order valence-electron chi connectivity index (χ1n) is 13.7. The van der Waals surface area contributed by atoms with Crippen molar-refractivity contribution in [3.05, 3.63) is 29.3 Å². The average molecular weight is 746 g/mol.